The lowest BCUT2D eigenvalue weighted by Crippen LogP contribution is -2.36. The van der Waals surface area contributed by atoms with Crippen molar-refractivity contribution in [2.24, 2.45) is 5.92 Å². The van der Waals surface area contributed by atoms with Crippen LogP contribution in [0.5, 0.6) is 5.75 Å². The fourth-order valence-electron chi connectivity index (χ4n) is 2.37. The number of amides is 1. The van der Waals surface area contributed by atoms with Gasteiger partial charge in [0.15, 0.2) is 6.61 Å². The lowest BCUT2D eigenvalue weighted by Gasteiger charge is -2.27. The number of ether oxygens (including phenoxy) is 1. The quantitative estimate of drug-likeness (QED) is 0.900. The summed E-state index contributed by atoms with van der Waals surface area (Å²) in [5, 5.41) is 3.34. The Morgan fingerprint density at radius 2 is 2.16 bits per heavy atom. The minimum absolute atomic E-state index is 0.00123. The van der Waals surface area contributed by atoms with Crippen molar-refractivity contribution in [1.82, 2.24) is 5.32 Å². The van der Waals surface area contributed by atoms with E-state index in [1.165, 1.54) is 5.56 Å². The highest BCUT2D eigenvalue weighted by Crippen LogP contribution is 2.32. The Balaban J connectivity index is 2.23. The molecule has 0 aromatic heterocycles. The number of benzene rings is 1. The van der Waals surface area contributed by atoms with Gasteiger partial charge < -0.3 is 15.0 Å². The van der Waals surface area contributed by atoms with Crippen molar-refractivity contribution in [2.75, 3.05) is 25.6 Å². The summed E-state index contributed by atoms with van der Waals surface area (Å²) in [6, 6.07) is 6.53. The number of anilines is 1. The molecule has 1 unspecified atom stereocenters. The molecule has 1 aromatic rings. The second-order valence-electron chi connectivity index (χ2n) is 5.39. The average Bonchev–Trinajstić information content (AvgIpc) is 2.40. The van der Waals surface area contributed by atoms with E-state index in [2.05, 4.69) is 31.3 Å². The van der Waals surface area contributed by atoms with Gasteiger partial charge in [0.2, 0.25) is 0 Å². The molecule has 1 heterocycles. The average molecular weight is 262 g/mol. The fourth-order valence-corrected chi connectivity index (χ4v) is 2.37. The van der Waals surface area contributed by atoms with Crippen LogP contribution >= 0.6 is 0 Å². The van der Waals surface area contributed by atoms with Gasteiger partial charge in [-0.2, -0.15) is 0 Å². The third-order valence-electron chi connectivity index (χ3n) is 3.74. The summed E-state index contributed by atoms with van der Waals surface area (Å²) < 4.78 is 5.43. The van der Waals surface area contributed by atoms with Crippen molar-refractivity contribution < 1.29 is 9.53 Å². The van der Waals surface area contributed by atoms with E-state index >= 15 is 0 Å². The van der Waals surface area contributed by atoms with Crippen molar-refractivity contribution in [1.29, 1.82) is 0 Å². The van der Waals surface area contributed by atoms with Crippen LogP contribution in [0.2, 0.25) is 0 Å². The summed E-state index contributed by atoms with van der Waals surface area (Å²) in [7, 11) is 3.79. The first-order chi connectivity index (χ1) is 9.02. The molecular formula is C15H22N2O2. The molecule has 0 saturated carbocycles. The number of hydrogen-bond donors (Lipinski definition) is 1. The van der Waals surface area contributed by atoms with Gasteiger partial charge in [-0.25, -0.2) is 0 Å². The molecule has 0 spiro atoms. The van der Waals surface area contributed by atoms with Crippen LogP contribution in [0, 0.1) is 5.92 Å². The first kappa shape index (κ1) is 13.9. The van der Waals surface area contributed by atoms with Gasteiger partial charge >= 0.3 is 0 Å². The van der Waals surface area contributed by atoms with Gasteiger partial charge in [-0.15, -0.1) is 0 Å². The zero-order valence-corrected chi connectivity index (χ0v) is 12.1. The minimum Gasteiger partial charge on any atom is -0.482 e. The van der Waals surface area contributed by atoms with Gasteiger partial charge in [-0.3, -0.25) is 4.79 Å². The predicted molar refractivity (Wildman–Crippen MR) is 76.7 cm³/mol. The molecule has 0 radical (unpaired) electrons. The van der Waals surface area contributed by atoms with Crippen LogP contribution in [0.1, 0.15) is 19.4 Å². The van der Waals surface area contributed by atoms with E-state index in [4.69, 9.17) is 4.74 Å². The summed E-state index contributed by atoms with van der Waals surface area (Å²) >= 11 is 0. The van der Waals surface area contributed by atoms with Gasteiger partial charge in [0.05, 0.1) is 5.69 Å². The standard InChI is InChI=1S/C15H22N2O2/c1-10(2)12(16-3)7-11-5-6-14-13(8-11)17(4)15(18)9-19-14/h5-6,8,10,12,16H,7,9H2,1-4H3. The Morgan fingerprint density at radius 3 is 2.79 bits per heavy atom. The monoisotopic (exact) mass is 262 g/mol. The lowest BCUT2D eigenvalue weighted by atomic mass is 9.96. The number of rotatable bonds is 4. The third-order valence-corrected chi connectivity index (χ3v) is 3.74. The number of carbonyl (C=O) groups is 1. The van der Waals surface area contributed by atoms with Gasteiger partial charge in [-0.1, -0.05) is 19.9 Å². The number of hydrogen-bond acceptors (Lipinski definition) is 3. The van der Waals surface area contributed by atoms with E-state index in [0.29, 0.717) is 12.0 Å². The number of carbonyl (C=O) groups excluding carboxylic acids is 1. The van der Waals surface area contributed by atoms with Crippen molar-refractivity contribution in [3.05, 3.63) is 23.8 Å². The summed E-state index contributed by atoms with van der Waals surface area (Å²) in [5.41, 5.74) is 2.09. The predicted octanol–water partition coefficient (Wildman–Crippen LogP) is 1.83. The Labute approximate surface area is 114 Å². The van der Waals surface area contributed by atoms with Crippen LogP contribution in [0.4, 0.5) is 5.69 Å². The fraction of sp³-hybridized carbons (Fsp3) is 0.533. The molecule has 0 aliphatic carbocycles. The van der Waals surface area contributed by atoms with Crippen molar-refractivity contribution in [3.63, 3.8) is 0 Å². The number of nitrogens with zero attached hydrogens (tertiary/aromatic N) is 1. The van der Waals surface area contributed by atoms with E-state index in [1.807, 2.05) is 13.1 Å². The first-order valence-corrected chi connectivity index (χ1v) is 6.72. The highest BCUT2D eigenvalue weighted by molar-refractivity contribution is 5.97. The van der Waals surface area contributed by atoms with Gasteiger partial charge in [0.1, 0.15) is 5.75 Å². The SMILES string of the molecule is CNC(Cc1ccc2c(c1)N(C)C(=O)CO2)C(C)C. The smallest absolute Gasteiger partial charge is 0.264 e. The summed E-state index contributed by atoms with van der Waals surface area (Å²) in [4.78, 5) is 13.3. The number of fused-ring (bicyclic) bond motifs is 1. The van der Waals surface area contributed by atoms with Crippen LogP contribution in [0.25, 0.3) is 0 Å². The molecule has 2 rings (SSSR count). The molecular weight excluding hydrogens is 240 g/mol. The Morgan fingerprint density at radius 1 is 1.42 bits per heavy atom. The summed E-state index contributed by atoms with van der Waals surface area (Å²) in [6.45, 7) is 4.55. The van der Waals surface area contributed by atoms with Crippen LogP contribution in [-0.2, 0) is 11.2 Å². The van der Waals surface area contributed by atoms with Crippen molar-refractivity contribution in [3.8, 4) is 5.75 Å². The molecule has 1 N–H and O–H groups in total. The van der Waals surface area contributed by atoms with Crippen molar-refractivity contribution in [2.45, 2.75) is 26.3 Å². The topological polar surface area (TPSA) is 41.6 Å². The van der Waals surface area contributed by atoms with E-state index in [9.17, 15) is 4.79 Å². The molecule has 19 heavy (non-hydrogen) atoms. The van der Waals surface area contributed by atoms with Gasteiger partial charge in [0, 0.05) is 13.1 Å². The second-order valence-corrected chi connectivity index (χ2v) is 5.39. The number of likely N-dealkylation sites (N-methyl/N-ethyl adjacent to an activating group) is 2. The van der Waals surface area contributed by atoms with Crippen LogP contribution in [0.15, 0.2) is 18.2 Å². The Bertz CT molecular complexity index is 471. The van der Waals surface area contributed by atoms with E-state index in [1.54, 1.807) is 11.9 Å². The first-order valence-electron chi connectivity index (χ1n) is 6.72. The summed E-state index contributed by atoms with van der Waals surface area (Å²) in [5.74, 6) is 1.35. The molecule has 1 atom stereocenters. The van der Waals surface area contributed by atoms with Crippen LogP contribution in [0.3, 0.4) is 0 Å². The molecule has 4 nitrogen and oxygen atoms in total. The molecule has 1 aliphatic rings. The Hall–Kier alpha value is -1.55. The maximum atomic E-state index is 11.6. The molecule has 0 bridgehead atoms. The second kappa shape index (κ2) is 5.61. The molecule has 1 aliphatic heterocycles. The van der Waals surface area contributed by atoms with Crippen LogP contribution in [-0.4, -0.2) is 32.7 Å². The van der Waals surface area contributed by atoms with Crippen molar-refractivity contribution >= 4 is 11.6 Å². The molecule has 0 fully saturated rings. The maximum absolute atomic E-state index is 11.6. The highest BCUT2D eigenvalue weighted by atomic mass is 16.5. The zero-order valence-electron chi connectivity index (χ0n) is 12.1. The minimum atomic E-state index is -0.00123. The molecule has 1 amide bonds. The van der Waals surface area contributed by atoms with Gasteiger partial charge in [0.25, 0.3) is 5.91 Å². The zero-order chi connectivity index (χ0) is 14.0. The summed E-state index contributed by atoms with van der Waals surface area (Å²) in [6.07, 6.45) is 0.948. The third kappa shape index (κ3) is 2.89. The van der Waals surface area contributed by atoms with Gasteiger partial charge in [-0.05, 0) is 37.1 Å². The van der Waals surface area contributed by atoms with E-state index < -0.39 is 0 Å². The molecule has 104 valence electrons. The highest BCUT2D eigenvalue weighted by Gasteiger charge is 2.22. The molecule has 0 saturated heterocycles. The Kier molecular flexibility index (Phi) is 4.10. The normalized spacial score (nSPS) is 16.3. The number of nitrogens with one attached hydrogen (secondary N) is 1. The largest absolute Gasteiger partial charge is 0.482 e. The van der Waals surface area contributed by atoms with E-state index in [0.717, 1.165) is 17.9 Å². The van der Waals surface area contributed by atoms with E-state index in [-0.39, 0.29) is 12.5 Å². The lowest BCUT2D eigenvalue weighted by molar-refractivity contribution is -0.120. The molecule has 1 aromatic carbocycles. The maximum Gasteiger partial charge on any atom is 0.264 e. The van der Waals surface area contributed by atoms with Crippen LogP contribution < -0.4 is 15.0 Å². The molecule has 4 heteroatoms.